The summed E-state index contributed by atoms with van der Waals surface area (Å²) in [6, 6.07) is 5.60. The Bertz CT molecular complexity index is 337. The second-order valence-electron chi connectivity index (χ2n) is 3.05. The Morgan fingerprint density at radius 3 is 2.79 bits per heavy atom. The van der Waals surface area contributed by atoms with E-state index >= 15 is 0 Å². The van der Waals surface area contributed by atoms with Crippen LogP contribution in [0.3, 0.4) is 0 Å². The second-order valence-corrected chi connectivity index (χ2v) is 3.05. The van der Waals surface area contributed by atoms with Crippen molar-refractivity contribution in [3.8, 4) is 5.75 Å². The monoisotopic (exact) mass is 194 g/mol. The zero-order chi connectivity index (χ0) is 10.6. The normalized spacial score (nSPS) is 9.64. The van der Waals surface area contributed by atoms with Gasteiger partial charge in [-0.3, -0.25) is 10.2 Å². The Labute approximate surface area is 83.0 Å². The third-order valence-corrected chi connectivity index (χ3v) is 1.98. The summed E-state index contributed by atoms with van der Waals surface area (Å²) in [6.07, 6.45) is 0.293. The number of nitrogens with two attached hydrogens (primary N) is 1. The van der Waals surface area contributed by atoms with Gasteiger partial charge in [0.1, 0.15) is 5.75 Å². The van der Waals surface area contributed by atoms with Gasteiger partial charge in [-0.1, -0.05) is 12.1 Å². The predicted molar refractivity (Wildman–Crippen MR) is 53.8 cm³/mol. The fourth-order valence-corrected chi connectivity index (χ4v) is 1.29. The molecular weight excluding hydrogens is 180 g/mol. The number of nitrogens with one attached hydrogen (secondary N) is 1. The quantitative estimate of drug-likeness (QED) is 0.419. The maximum Gasteiger partial charge on any atom is 0.238 e. The predicted octanol–water partition coefficient (Wildman–Crippen LogP) is 0.536. The lowest BCUT2D eigenvalue weighted by Gasteiger charge is -2.06. The molecule has 4 nitrogen and oxygen atoms in total. The molecule has 0 spiro atoms. The first-order valence-corrected chi connectivity index (χ1v) is 4.30. The first-order chi connectivity index (χ1) is 6.67. The molecule has 3 N–H and O–H groups in total. The lowest BCUT2D eigenvalue weighted by Crippen LogP contribution is -2.31. The van der Waals surface area contributed by atoms with Crippen LogP contribution < -0.4 is 16.0 Å². The molecule has 14 heavy (non-hydrogen) atoms. The SMILES string of the molecule is COc1ccc(CC(=O)NN)cc1C. The molecule has 1 amide bonds. The van der Waals surface area contributed by atoms with Gasteiger partial charge in [0.25, 0.3) is 0 Å². The van der Waals surface area contributed by atoms with E-state index in [4.69, 9.17) is 10.6 Å². The molecule has 0 aromatic heterocycles. The number of carbonyl (C=O) groups excluding carboxylic acids is 1. The van der Waals surface area contributed by atoms with Crippen LogP contribution >= 0.6 is 0 Å². The molecule has 0 aliphatic rings. The van der Waals surface area contributed by atoms with Crippen molar-refractivity contribution in [1.29, 1.82) is 0 Å². The number of amides is 1. The van der Waals surface area contributed by atoms with Crippen LogP contribution in [0.2, 0.25) is 0 Å². The van der Waals surface area contributed by atoms with E-state index in [-0.39, 0.29) is 5.91 Å². The Morgan fingerprint density at radius 2 is 2.29 bits per heavy atom. The maximum atomic E-state index is 11.0. The van der Waals surface area contributed by atoms with Crippen molar-refractivity contribution in [2.24, 2.45) is 5.84 Å². The van der Waals surface area contributed by atoms with Gasteiger partial charge in [0.15, 0.2) is 0 Å². The van der Waals surface area contributed by atoms with Crippen LogP contribution in [0.15, 0.2) is 18.2 Å². The van der Waals surface area contributed by atoms with Crippen LogP contribution in [-0.4, -0.2) is 13.0 Å². The zero-order valence-corrected chi connectivity index (χ0v) is 8.33. The third kappa shape index (κ3) is 2.47. The van der Waals surface area contributed by atoms with Crippen LogP contribution in [-0.2, 0) is 11.2 Å². The number of hydrogen-bond acceptors (Lipinski definition) is 3. The summed E-state index contributed by atoms with van der Waals surface area (Å²) in [6.45, 7) is 1.93. The lowest BCUT2D eigenvalue weighted by atomic mass is 10.1. The van der Waals surface area contributed by atoms with Crippen molar-refractivity contribution in [2.45, 2.75) is 13.3 Å². The molecule has 4 heteroatoms. The summed E-state index contributed by atoms with van der Waals surface area (Å²) in [5.74, 6) is 5.61. The highest BCUT2D eigenvalue weighted by Crippen LogP contribution is 2.18. The molecule has 0 bridgehead atoms. The third-order valence-electron chi connectivity index (χ3n) is 1.98. The molecule has 76 valence electrons. The molecule has 0 aliphatic carbocycles. The molecule has 0 heterocycles. The average Bonchev–Trinajstić information content (AvgIpc) is 2.18. The Balaban J connectivity index is 2.81. The Hall–Kier alpha value is -1.55. The molecule has 0 saturated carbocycles. The lowest BCUT2D eigenvalue weighted by molar-refractivity contribution is -0.120. The summed E-state index contributed by atoms with van der Waals surface area (Å²) in [5, 5.41) is 0. The zero-order valence-electron chi connectivity index (χ0n) is 8.33. The number of rotatable bonds is 3. The van der Waals surface area contributed by atoms with Crippen LogP contribution in [0, 0.1) is 6.92 Å². The van der Waals surface area contributed by atoms with Gasteiger partial charge >= 0.3 is 0 Å². The fraction of sp³-hybridized carbons (Fsp3) is 0.300. The molecule has 1 aromatic rings. The first-order valence-electron chi connectivity index (χ1n) is 4.30. The van der Waals surface area contributed by atoms with E-state index in [0.29, 0.717) is 6.42 Å². The highest BCUT2D eigenvalue weighted by atomic mass is 16.5. The first kappa shape index (κ1) is 10.5. The van der Waals surface area contributed by atoms with E-state index in [9.17, 15) is 4.79 Å². The van der Waals surface area contributed by atoms with Crippen molar-refractivity contribution < 1.29 is 9.53 Å². The van der Waals surface area contributed by atoms with Crippen molar-refractivity contribution in [1.82, 2.24) is 5.43 Å². The molecule has 0 unspecified atom stereocenters. The largest absolute Gasteiger partial charge is 0.496 e. The van der Waals surface area contributed by atoms with Gasteiger partial charge in [-0.15, -0.1) is 0 Å². The van der Waals surface area contributed by atoms with Crippen molar-refractivity contribution in [2.75, 3.05) is 7.11 Å². The van der Waals surface area contributed by atoms with Crippen molar-refractivity contribution >= 4 is 5.91 Å². The number of benzene rings is 1. The minimum atomic E-state index is -0.199. The number of hydrogen-bond donors (Lipinski definition) is 2. The topological polar surface area (TPSA) is 64.3 Å². The van der Waals surface area contributed by atoms with E-state index in [1.807, 2.05) is 25.1 Å². The molecule has 1 rings (SSSR count). The summed E-state index contributed by atoms with van der Waals surface area (Å²) < 4.78 is 5.11. The Morgan fingerprint density at radius 1 is 1.57 bits per heavy atom. The number of hydrazine groups is 1. The van der Waals surface area contributed by atoms with Gasteiger partial charge in [-0.05, 0) is 24.1 Å². The average molecular weight is 194 g/mol. The van der Waals surface area contributed by atoms with E-state index in [1.165, 1.54) is 0 Å². The molecule has 0 atom stereocenters. The van der Waals surface area contributed by atoms with Crippen LogP contribution in [0.1, 0.15) is 11.1 Å². The number of carbonyl (C=O) groups is 1. The minimum Gasteiger partial charge on any atom is -0.496 e. The van der Waals surface area contributed by atoms with Crippen LogP contribution in [0.25, 0.3) is 0 Å². The molecule has 1 aromatic carbocycles. The molecule has 0 saturated heterocycles. The smallest absolute Gasteiger partial charge is 0.238 e. The maximum absolute atomic E-state index is 11.0. The summed E-state index contributed by atoms with van der Waals surface area (Å²) in [5.41, 5.74) is 4.02. The van der Waals surface area contributed by atoms with E-state index in [1.54, 1.807) is 7.11 Å². The summed E-state index contributed by atoms with van der Waals surface area (Å²) in [7, 11) is 1.62. The Kier molecular flexibility index (Phi) is 3.48. The minimum absolute atomic E-state index is 0.199. The van der Waals surface area contributed by atoms with E-state index in [2.05, 4.69) is 5.43 Å². The highest BCUT2D eigenvalue weighted by Gasteiger charge is 2.03. The fourth-order valence-electron chi connectivity index (χ4n) is 1.29. The number of methoxy groups -OCH3 is 1. The van der Waals surface area contributed by atoms with Crippen LogP contribution in [0.5, 0.6) is 5.75 Å². The standard InChI is InChI=1S/C10H14N2O2/c1-7-5-8(6-10(13)12-11)3-4-9(7)14-2/h3-5H,6,11H2,1-2H3,(H,12,13). The molecular formula is C10H14N2O2. The molecule has 0 aliphatic heterocycles. The van der Waals surface area contributed by atoms with Gasteiger partial charge in [-0.25, -0.2) is 5.84 Å². The molecule has 0 radical (unpaired) electrons. The molecule has 0 fully saturated rings. The summed E-state index contributed by atoms with van der Waals surface area (Å²) in [4.78, 5) is 11.0. The van der Waals surface area contributed by atoms with Gasteiger partial charge < -0.3 is 4.74 Å². The van der Waals surface area contributed by atoms with E-state index in [0.717, 1.165) is 16.9 Å². The van der Waals surface area contributed by atoms with E-state index < -0.39 is 0 Å². The summed E-state index contributed by atoms with van der Waals surface area (Å²) >= 11 is 0. The number of ether oxygens (including phenoxy) is 1. The number of aryl methyl sites for hydroxylation is 1. The van der Waals surface area contributed by atoms with Crippen LogP contribution in [0.4, 0.5) is 0 Å². The highest BCUT2D eigenvalue weighted by molar-refractivity contribution is 5.78. The van der Waals surface area contributed by atoms with Gasteiger partial charge in [0, 0.05) is 0 Å². The van der Waals surface area contributed by atoms with Crippen molar-refractivity contribution in [3.63, 3.8) is 0 Å². The van der Waals surface area contributed by atoms with Gasteiger partial charge in [0.2, 0.25) is 5.91 Å². The van der Waals surface area contributed by atoms with Crippen molar-refractivity contribution in [3.05, 3.63) is 29.3 Å². The van der Waals surface area contributed by atoms with Gasteiger partial charge in [-0.2, -0.15) is 0 Å². The second kappa shape index (κ2) is 4.62. The van der Waals surface area contributed by atoms with Gasteiger partial charge in [0.05, 0.1) is 13.5 Å².